The second-order valence-electron chi connectivity index (χ2n) is 7.45. The lowest BCUT2D eigenvalue weighted by Crippen LogP contribution is -2.38. The van der Waals surface area contributed by atoms with Gasteiger partial charge in [0.15, 0.2) is 0 Å². The van der Waals surface area contributed by atoms with Crippen molar-refractivity contribution in [1.29, 1.82) is 0 Å². The number of hydrogen-bond donors (Lipinski definition) is 2. The van der Waals surface area contributed by atoms with Crippen molar-refractivity contribution < 1.29 is 19.8 Å². The van der Waals surface area contributed by atoms with E-state index in [4.69, 9.17) is 0 Å². The number of Topliss-reactive ketones (excluding diaryl/α,β-unsaturated/α-hetero) is 1. The first kappa shape index (κ1) is 21.6. The van der Waals surface area contributed by atoms with Crippen LogP contribution in [0.25, 0.3) is 5.76 Å². The van der Waals surface area contributed by atoms with E-state index >= 15 is 0 Å². The first-order valence-corrected chi connectivity index (χ1v) is 10.2. The summed E-state index contributed by atoms with van der Waals surface area (Å²) in [5.41, 5.74) is 1.94. The number of aliphatic hydroxyl groups is 1. The van der Waals surface area contributed by atoms with Gasteiger partial charge in [0.25, 0.3) is 11.7 Å². The molecule has 30 heavy (non-hydrogen) atoms. The van der Waals surface area contributed by atoms with E-state index < -0.39 is 17.7 Å². The summed E-state index contributed by atoms with van der Waals surface area (Å²) in [5.74, 6) is -1.88. The van der Waals surface area contributed by atoms with Crippen LogP contribution >= 0.6 is 0 Å². The van der Waals surface area contributed by atoms with Gasteiger partial charge in [0.05, 0.1) is 17.2 Å². The second kappa shape index (κ2) is 9.13. The molecule has 158 valence electrons. The summed E-state index contributed by atoms with van der Waals surface area (Å²) in [7, 11) is 0. The topological polar surface area (TPSA) is 81.1 Å². The molecule has 0 saturated carbocycles. The summed E-state index contributed by atoms with van der Waals surface area (Å²) < 4.78 is 0. The lowest BCUT2D eigenvalue weighted by Gasteiger charge is -2.28. The van der Waals surface area contributed by atoms with Gasteiger partial charge in [0.1, 0.15) is 11.5 Å². The minimum absolute atomic E-state index is 0.00454. The first-order valence-electron chi connectivity index (χ1n) is 10.2. The van der Waals surface area contributed by atoms with Crippen molar-refractivity contribution in [3.63, 3.8) is 0 Å². The molecule has 6 heteroatoms. The number of phenolic OH excluding ortho intramolecular Hbond substituents is 1. The molecule has 0 bridgehead atoms. The highest BCUT2D eigenvalue weighted by Gasteiger charge is 2.46. The van der Waals surface area contributed by atoms with Gasteiger partial charge >= 0.3 is 0 Å². The summed E-state index contributed by atoms with van der Waals surface area (Å²) >= 11 is 0. The molecule has 2 aromatic carbocycles. The Morgan fingerprint density at radius 1 is 1.03 bits per heavy atom. The highest BCUT2D eigenvalue weighted by molar-refractivity contribution is 6.46. The van der Waals surface area contributed by atoms with Gasteiger partial charge in [-0.25, -0.2) is 0 Å². The number of aromatic hydroxyl groups is 1. The summed E-state index contributed by atoms with van der Waals surface area (Å²) in [6.07, 6.45) is 0. The first-order chi connectivity index (χ1) is 14.4. The lowest BCUT2D eigenvalue weighted by molar-refractivity contribution is -0.140. The number of carbonyl (C=O) groups excluding carboxylic acids is 2. The maximum atomic E-state index is 13.0. The SMILES string of the molecule is CCN(CC)CCN1C(=O)C(=O)C(=C(O)c2ccccc2O)[C@H]1c1ccc(C)cc1. The van der Waals surface area contributed by atoms with E-state index in [0.29, 0.717) is 13.1 Å². The normalized spacial score (nSPS) is 18.4. The molecule has 2 aromatic rings. The van der Waals surface area contributed by atoms with E-state index in [1.165, 1.54) is 17.0 Å². The molecule has 1 amide bonds. The van der Waals surface area contributed by atoms with Crippen molar-refractivity contribution in [1.82, 2.24) is 9.80 Å². The molecule has 1 fully saturated rings. The predicted molar refractivity (Wildman–Crippen MR) is 116 cm³/mol. The Labute approximate surface area is 177 Å². The molecule has 0 aromatic heterocycles. The fourth-order valence-corrected chi connectivity index (χ4v) is 3.81. The third kappa shape index (κ3) is 4.09. The van der Waals surface area contributed by atoms with Crippen LogP contribution in [0, 0.1) is 6.92 Å². The van der Waals surface area contributed by atoms with E-state index in [1.807, 2.05) is 45.0 Å². The number of hydrogen-bond acceptors (Lipinski definition) is 5. The number of likely N-dealkylation sites (tertiary alicyclic amines) is 1. The van der Waals surface area contributed by atoms with Crippen molar-refractivity contribution in [2.24, 2.45) is 0 Å². The minimum Gasteiger partial charge on any atom is -0.507 e. The molecule has 0 unspecified atom stereocenters. The molecular formula is C24H28N2O4. The molecule has 1 aliphatic rings. The van der Waals surface area contributed by atoms with Gasteiger partial charge in [0, 0.05) is 13.1 Å². The Bertz CT molecular complexity index is 961. The maximum absolute atomic E-state index is 13.0. The van der Waals surface area contributed by atoms with Crippen molar-refractivity contribution in [3.8, 4) is 5.75 Å². The van der Waals surface area contributed by atoms with Crippen LogP contribution in [-0.4, -0.2) is 57.9 Å². The molecule has 6 nitrogen and oxygen atoms in total. The van der Waals surface area contributed by atoms with E-state index in [1.54, 1.807) is 12.1 Å². The minimum atomic E-state index is -0.735. The smallest absolute Gasteiger partial charge is 0.295 e. The van der Waals surface area contributed by atoms with Crippen LogP contribution in [0.5, 0.6) is 5.75 Å². The van der Waals surface area contributed by atoms with Crippen molar-refractivity contribution in [2.45, 2.75) is 26.8 Å². The summed E-state index contributed by atoms with van der Waals surface area (Å²) in [5, 5.41) is 21.2. The lowest BCUT2D eigenvalue weighted by atomic mass is 9.94. The number of amides is 1. The average Bonchev–Trinajstić information content (AvgIpc) is 3.00. The number of nitrogens with zero attached hydrogens (tertiary/aromatic N) is 2. The summed E-state index contributed by atoms with van der Waals surface area (Å²) in [6.45, 7) is 8.73. The fourth-order valence-electron chi connectivity index (χ4n) is 3.81. The van der Waals surface area contributed by atoms with E-state index in [2.05, 4.69) is 4.90 Å². The number of aliphatic hydroxyl groups excluding tert-OH is 1. The molecule has 1 aliphatic heterocycles. The molecular weight excluding hydrogens is 380 g/mol. The number of phenols is 1. The number of carbonyl (C=O) groups is 2. The van der Waals surface area contributed by atoms with Crippen LogP contribution in [0.4, 0.5) is 0 Å². The largest absolute Gasteiger partial charge is 0.507 e. The third-order valence-electron chi connectivity index (χ3n) is 5.64. The molecule has 0 spiro atoms. The zero-order chi connectivity index (χ0) is 21.8. The van der Waals surface area contributed by atoms with E-state index in [0.717, 1.165) is 24.2 Å². The summed E-state index contributed by atoms with van der Waals surface area (Å²) in [4.78, 5) is 29.6. The van der Waals surface area contributed by atoms with Crippen LogP contribution < -0.4 is 0 Å². The Kier molecular flexibility index (Phi) is 6.57. The van der Waals surface area contributed by atoms with Gasteiger partial charge in [-0.3, -0.25) is 9.59 Å². The van der Waals surface area contributed by atoms with Gasteiger partial charge in [-0.05, 0) is 37.7 Å². The number of aryl methyl sites for hydroxylation is 1. The zero-order valence-corrected chi connectivity index (χ0v) is 17.6. The monoisotopic (exact) mass is 408 g/mol. The molecule has 2 N–H and O–H groups in total. The van der Waals surface area contributed by atoms with Gasteiger partial charge in [-0.2, -0.15) is 0 Å². The van der Waals surface area contributed by atoms with Crippen LogP contribution in [0.1, 0.15) is 36.6 Å². The Balaban J connectivity index is 2.11. The zero-order valence-electron chi connectivity index (χ0n) is 17.6. The number of ketones is 1. The molecule has 1 heterocycles. The Morgan fingerprint density at radius 2 is 1.67 bits per heavy atom. The van der Waals surface area contributed by atoms with Gasteiger partial charge in [0.2, 0.25) is 0 Å². The Morgan fingerprint density at radius 3 is 2.27 bits per heavy atom. The Hall–Kier alpha value is -3.12. The highest BCUT2D eigenvalue weighted by Crippen LogP contribution is 2.40. The number of benzene rings is 2. The van der Waals surface area contributed by atoms with Crippen LogP contribution in [0.15, 0.2) is 54.1 Å². The number of likely N-dealkylation sites (N-methyl/N-ethyl adjacent to an activating group) is 1. The molecule has 1 atom stereocenters. The molecule has 0 aliphatic carbocycles. The van der Waals surface area contributed by atoms with Crippen molar-refractivity contribution in [2.75, 3.05) is 26.2 Å². The highest BCUT2D eigenvalue weighted by atomic mass is 16.3. The maximum Gasteiger partial charge on any atom is 0.295 e. The van der Waals surface area contributed by atoms with Crippen LogP contribution in [-0.2, 0) is 9.59 Å². The van der Waals surface area contributed by atoms with Crippen LogP contribution in [0.2, 0.25) is 0 Å². The van der Waals surface area contributed by atoms with E-state index in [-0.39, 0.29) is 22.6 Å². The number of para-hydroxylation sites is 1. The van der Waals surface area contributed by atoms with Gasteiger partial charge in [-0.15, -0.1) is 0 Å². The third-order valence-corrected chi connectivity index (χ3v) is 5.64. The van der Waals surface area contributed by atoms with Crippen molar-refractivity contribution >= 4 is 17.4 Å². The standard InChI is InChI=1S/C24H28N2O4/c1-4-25(5-2)14-15-26-21(17-12-10-16(3)11-13-17)20(23(29)24(26)30)22(28)18-8-6-7-9-19(18)27/h6-13,21,27-28H,4-5,14-15H2,1-3H3/t21-/m1/s1. The van der Waals surface area contributed by atoms with Crippen molar-refractivity contribution in [3.05, 3.63) is 70.8 Å². The van der Waals surface area contributed by atoms with E-state index in [9.17, 15) is 19.8 Å². The quantitative estimate of drug-likeness (QED) is 0.417. The summed E-state index contributed by atoms with van der Waals surface area (Å²) in [6, 6.07) is 13.1. The molecule has 0 radical (unpaired) electrons. The van der Waals surface area contributed by atoms with Gasteiger partial charge in [-0.1, -0.05) is 55.8 Å². The number of rotatable bonds is 7. The fraction of sp³-hybridized carbons (Fsp3) is 0.333. The second-order valence-corrected chi connectivity index (χ2v) is 7.45. The van der Waals surface area contributed by atoms with Crippen LogP contribution in [0.3, 0.4) is 0 Å². The molecule has 1 saturated heterocycles. The average molecular weight is 408 g/mol. The predicted octanol–water partition coefficient (Wildman–Crippen LogP) is 3.46. The molecule has 3 rings (SSSR count). The van der Waals surface area contributed by atoms with Gasteiger partial charge < -0.3 is 20.0 Å².